The van der Waals surface area contributed by atoms with E-state index in [2.05, 4.69) is 4.90 Å². The van der Waals surface area contributed by atoms with Crippen LogP contribution in [0.3, 0.4) is 0 Å². The lowest BCUT2D eigenvalue weighted by atomic mass is 10.1. The molecule has 2 aliphatic rings. The van der Waals surface area contributed by atoms with Gasteiger partial charge in [0.1, 0.15) is 5.57 Å². The third-order valence-electron chi connectivity index (χ3n) is 3.85. The lowest BCUT2D eigenvalue weighted by Gasteiger charge is -2.29. The number of nitrogens with zero attached hydrogens (tertiary/aromatic N) is 1. The topological polar surface area (TPSA) is 55.8 Å². The summed E-state index contributed by atoms with van der Waals surface area (Å²) in [6.07, 6.45) is 3.77. The van der Waals surface area contributed by atoms with Crippen molar-refractivity contribution in [3.63, 3.8) is 0 Å². The van der Waals surface area contributed by atoms with Gasteiger partial charge in [0, 0.05) is 26.9 Å². The number of carbonyl (C=O) groups is 2. The van der Waals surface area contributed by atoms with Gasteiger partial charge in [-0.15, -0.1) is 0 Å². The van der Waals surface area contributed by atoms with Crippen molar-refractivity contribution in [2.75, 3.05) is 18.0 Å². The second-order valence-electron chi connectivity index (χ2n) is 6.14. The molecule has 6 heteroatoms. The average Bonchev–Trinajstić information content (AvgIpc) is 2.96. The fraction of sp³-hybridized carbons (Fsp3) is 0.412. The quantitative estimate of drug-likeness (QED) is 0.472. The van der Waals surface area contributed by atoms with E-state index in [0.29, 0.717) is 10.6 Å². The zero-order valence-corrected chi connectivity index (χ0v) is 13.9. The SMILES string of the molecule is CC1(C)OC(=O)C(=Cc2ccc(N3CCCC3)c(Cl)c2)C(=O)O1. The number of hydrogen-bond donors (Lipinski definition) is 0. The molecule has 3 rings (SSSR count). The second-order valence-corrected chi connectivity index (χ2v) is 6.55. The Bertz CT molecular complexity index is 668. The predicted octanol–water partition coefficient (Wildman–Crippen LogP) is 3.16. The summed E-state index contributed by atoms with van der Waals surface area (Å²) in [7, 11) is 0. The molecule has 0 atom stereocenters. The van der Waals surface area contributed by atoms with Crippen LogP contribution in [-0.2, 0) is 19.1 Å². The maximum Gasteiger partial charge on any atom is 0.348 e. The summed E-state index contributed by atoms with van der Waals surface area (Å²) in [6, 6.07) is 5.47. The molecule has 2 saturated heterocycles. The molecule has 0 unspecified atom stereocenters. The number of halogens is 1. The highest BCUT2D eigenvalue weighted by atomic mass is 35.5. The maximum absolute atomic E-state index is 12.0. The number of benzene rings is 1. The van der Waals surface area contributed by atoms with Gasteiger partial charge < -0.3 is 14.4 Å². The minimum atomic E-state index is -1.23. The Hall–Kier alpha value is -2.01. The van der Waals surface area contributed by atoms with E-state index in [1.807, 2.05) is 12.1 Å². The van der Waals surface area contributed by atoms with E-state index in [-0.39, 0.29) is 5.57 Å². The van der Waals surface area contributed by atoms with Crippen molar-refractivity contribution in [1.29, 1.82) is 0 Å². The van der Waals surface area contributed by atoms with Gasteiger partial charge in [-0.05, 0) is 36.6 Å². The summed E-state index contributed by atoms with van der Waals surface area (Å²) in [6.45, 7) is 5.02. The van der Waals surface area contributed by atoms with Gasteiger partial charge in [0.15, 0.2) is 0 Å². The lowest BCUT2D eigenvalue weighted by molar-refractivity contribution is -0.222. The molecule has 0 radical (unpaired) electrons. The summed E-state index contributed by atoms with van der Waals surface area (Å²) < 4.78 is 10.1. The van der Waals surface area contributed by atoms with Crippen molar-refractivity contribution in [2.24, 2.45) is 0 Å². The molecule has 0 N–H and O–H groups in total. The van der Waals surface area contributed by atoms with Crippen molar-refractivity contribution in [1.82, 2.24) is 0 Å². The van der Waals surface area contributed by atoms with Crippen molar-refractivity contribution >= 4 is 35.3 Å². The largest absolute Gasteiger partial charge is 0.419 e. The molecule has 23 heavy (non-hydrogen) atoms. The smallest absolute Gasteiger partial charge is 0.348 e. The van der Waals surface area contributed by atoms with E-state index in [4.69, 9.17) is 21.1 Å². The minimum Gasteiger partial charge on any atom is -0.419 e. The van der Waals surface area contributed by atoms with Gasteiger partial charge in [-0.1, -0.05) is 17.7 Å². The maximum atomic E-state index is 12.0. The van der Waals surface area contributed by atoms with Crippen molar-refractivity contribution in [3.05, 3.63) is 34.4 Å². The first-order chi connectivity index (χ1) is 10.9. The van der Waals surface area contributed by atoms with Crippen LogP contribution in [0.5, 0.6) is 0 Å². The van der Waals surface area contributed by atoms with Crippen LogP contribution in [0.1, 0.15) is 32.3 Å². The first-order valence-electron chi connectivity index (χ1n) is 7.59. The fourth-order valence-corrected chi connectivity index (χ4v) is 3.08. The summed E-state index contributed by atoms with van der Waals surface area (Å²) in [5.41, 5.74) is 1.50. The Morgan fingerprint density at radius 2 is 1.74 bits per heavy atom. The summed E-state index contributed by atoms with van der Waals surface area (Å²) in [5.74, 6) is -2.61. The summed E-state index contributed by atoms with van der Waals surface area (Å²) >= 11 is 6.34. The predicted molar refractivity (Wildman–Crippen MR) is 87.1 cm³/mol. The van der Waals surface area contributed by atoms with Crippen LogP contribution in [-0.4, -0.2) is 30.8 Å². The van der Waals surface area contributed by atoms with E-state index in [1.165, 1.54) is 19.9 Å². The Morgan fingerprint density at radius 3 is 2.30 bits per heavy atom. The molecule has 0 aromatic heterocycles. The number of hydrogen-bond acceptors (Lipinski definition) is 5. The van der Waals surface area contributed by atoms with Gasteiger partial charge >= 0.3 is 11.9 Å². The molecule has 0 saturated carbocycles. The first-order valence-corrected chi connectivity index (χ1v) is 7.96. The molecular weight excluding hydrogens is 318 g/mol. The number of esters is 2. The van der Waals surface area contributed by atoms with E-state index < -0.39 is 17.7 Å². The Labute approximate surface area is 139 Å². The molecule has 0 aliphatic carbocycles. The standard InChI is InChI=1S/C17H18ClNO4/c1-17(2)22-15(20)12(16(21)23-17)9-11-5-6-14(13(18)10-11)19-7-3-4-8-19/h5-6,9-10H,3-4,7-8H2,1-2H3. The van der Waals surface area contributed by atoms with E-state index in [0.717, 1.165) is 31.6 Å². The molecule has 5 nitrogen and oxygen atoms in total. The van der Waals surface area contributed by atoms with Crippen LogP contribution in [0.4, 0.5) is 5.69 Å². The van der Waals surface area contributed by atoms with Crippen molar-refractivity contribution < 1.29 is 19.1 Å². The third kappa shape index (κ3) is 3.34. The molecule has 2 heterocycles. The van der Waals surface area contributed by atoms with Gasteiger partial charge in [-0.2, -0.15) is 0 Å². The molecule has 2 aliphatic heterocycles. The van der Waals surface area contributed by atoms with Gasteiger partial charge in [-0.25, -0.2) is 9.59 Å². The van der Waals surface area contributed by atoms with Crippen molar-refractivity contribution in [3.8, 4) is 0 Å². The molecule has 0 spiro atoms. The molecular formula is C17H18ClNO4. The second kappa shape index (κ2) is 5.89. The summed E-state index contributed by atoms with van der Waals surface area (Å²) in [5, 5.41) is 0.596. The lowest BCUT2D eigenvalue weighted by Crippen LogP contribution is -2.41. The minimum absolute atomic E-state index is 0.130. The third-order valence-corrected chi connectivity index (χ3v) is 4.15. The Balaban J connectivity index is 1.86. The highest BCUT2D eigenvalue weighted by Gasteiger charge is 2.38. The van der Waals surface area contributed by atoms with Crippen LogP contribution in [0, 0.1) is 0 Å². The normalized spacial score (nSPS) is 20.3. The summed E-state index contributed by atoms with van der Waals surface area (Å²) in [4.78, 5) is 26.1. The molecule has 2 fully saturated rings. The van der Waals surface area contributed by atoms with Gasteiger partial charge in [-0.3, -0.25) is 0 Å². The van der Waals surface area contributed by atoms with Gasteiger partial charge in [0.25, 0.3) is 5.79 Å². The Kier molecular flexibility index (Phi) is 4.06. The number of rotatable bonds is 2. The monoisotopic (exact) mass is 335 g/mol. The van der Waals surface area contributed by atoms with Gasteiger partial charge in [0.05, 0.1) is 10.7 Å². The van der Waals surface area contributed by atoms with Crippen molar-refractivity contribution in [2.45, 2.75) is 32.5 Å². The molecule has 1 aromatic rings. The van der Waals surface area contributed by atoms with E-state index in [9.17, 15) is 9.59 Å². The van der Waals surface area contributed by atoms with Crippen LogP contribution >= 0.6 is 11.6 Å². The van der Waals surface area contributed by atoms with Crippen LogP contribution in [0.2, 0.25) is 5.02 Å². The highest BCUT2D eigenvalue weighted by molar-refractivity contribution is 6.33. The Morgan fingerprint density at radius 1 is 1.13 bits per heavy atom. The molecule has 122 valence electrons. The van der Waals surface area contributed by atoms with Crippen LogP contribution in [0.15, 0.2) is 23.8 Å². The molecule has 0 bridgehead atoms. The number of carbonyl (C=O) groups excluding carboxylic acids is 2. The average molecular weight is 336 g/mol. The number of ether oxygens (including phenoxy) is 2. The van der Waals surface area contributed by atoms with E-state index >= 15 is 0 Å². The zero-order valence-electron chi connectivity index (χ0n) is 13.1. The first kappa shape index (κ1) is 15.9. The van der Waals surface area contributed by atoms with E-state index in [1.54, 1.807) is 6.07 Å². The number of anilines is 1. The zero-order chi connectivity index (χ0) is 16.6. The van der Waals surface area contributed by atoms with Crippen LogP contribution < -0.4 is 4.90 Å². The molecule has 0 amide bonds. The number of cyclic esters (lactones) is 2. The van der Waals surface area contributed by atoms with Gasteiger partial charge in [0.2, 0.25) is 0 Å². The fourth-order valence-electron chi connectivity index (χ4n) is 2.77. The highest BCUT2D eigenvalue weighted by Crippen LogP contribution is 2.31. The molecule has 1 aromatic carbocycles. The van der Waals surface area contributed by atoms with Crippen LogP contribution in [0.25, 0.3) is 6.08 Å².